The highest BCUT2D eigenvalue weighted by molar-refractivity contribution is 5.85. The van der Waals surface area contributed by atoms with Crippen LogP contribution in [0.2, 0.25) is 0 Å². The van der Waals surface area contributed by atoms with Gasteiger partial charge in [0.25, 0.3) is 0 Å². The van der Waals surface area contributed by atoms with Gasteiger partial charge in [0.1, 0.15) is 0 Å². The van der Waals surface area contributed by atoms with Gasteiger partial charge >= 0.3 is 0 Å². The van der Waals surface area contributed by atoms with Crippen LogP contribution in [0.3, 0.4) is 0 Å². The number of carbonyl (C=O) groups is 1. The Morgan fingerprint density at radius 3 is 2.60 bits per heavy atom. The van der Waals surface area contributed by atoms with E-state index < -0.39 is 0 Å². The summed E-state index contributed by atoms with van der Waals surface area (Å²) in [6.45, 7) is 1.03. The van der Waals surface area contributed by atoms with Crippen molar-refractivity contribution in [3.05, 3.63) is 0 Å². The lowest BCUT2D eigenvalue weighted by Gasteiger charge is -2.05. The predicted octanol–water partition coefficient (Wildman–Crippen LogP) is 0.285. The van der Waals surface area contributed by atoms with Crippen molar-refractivity contribution >= 4 is 31.2 Å². The summed E-state index contributed by atoms with van der Waals surface area (Å²) in [4.78, 5) is 9.81. The fraction of sp³-hybridized carbons (Fsp3) is 0.800. The molecule has 0 aliphatic carbocycles. The van der Waals surface area contributed by atoms with Gasteiger partial charge in [-0.1, -0.05) is 0 Å². The second-order valence-corrected chi connectivity index (χ2v) is 1.93. The molecule has 1 aliphatic rings. The lowest BCUT2D eigenvalue weighted by molar-refractivity contribution is -0.110. The summed E-state index contributed by atoms with van der Waals surface area (Å²) in [5, 5.41) is 5.77. The average molecular weight is 187 g/mol. The van der Waals surface area contributed by atoms with Crippen molar-refractivity contribution in [2.75, 3.05) is 6.54 Å². The van der Waals surface area contributed by atoms with Gasteiger partial charge in [0.2, 0.25) is 6.41 Å². The maximum atomic E-state index is 9.81. The van der Waals surface area contributed by atoms with Crippen LogP contribution in [-0.4, -0.2) is 19.1 Å². The zero-order valence-electron chi connectivity index (χ0n) is 5.50. The molecule has 1 amide bonds. The Balaban J connectivity index is 0. The molecule has 0 aromatic heterocycles. The van der Waals surface area contributed by atoms with Crippen molar-refractivity contribution in [1.29, 1.82) is 0 Å². The van der Waals surface area contributed by atoms with E-state index in [1.54, 1.807) is 0 Å². The number of hydrogen-bond donors (Lipinski definition) is 2. The number of amides is 1. The van der Waals surface area contributed by atoms with Crippen LogP contribution in [0.4, 0.5) is 0 Å². The molecule has 1 aliphatic heterocycles. The number of nitrogens with one attached hydrogen (secondary N) is 2. The minimum absolute atomic E-state index is 0. The summed E-state index contributed by atoms with van der Waals surface area (Å²) in [7, 11) is 0. The Kier molecular flexibility index (Phi) is 9.02. The van der Waals surface area contributed by atoms with E-state index in [0.717, 1.165) is 19.4 Å². The van der Waals surface area contributed by atoms with Gasteiger partial charge in [-0.3, -0.25) is 10.1 Å². The zero-order chi connectivity index (χ0) is 5.82. The maximum Gasteiger partial charge on any atom is 0.208 e. The lowest BCUT2D eigenvalue weighted by atomic mass is 10.3. The Hall–Kier alpha value is 0.01000. The summed E-state index contributed by atoms with van der Waals surface area (Å²) in [6.07, 6.45) is 3.22. The van der Waals surface area contributed by atoms with E-state index in [2.05, 4.69) is 10.6 Å². The molecule has 1 unspecified atom stereocenters. The van der Waals surface area contributed by atoms with Crippen LogP contribution in [0.5, 0.6) is 0 Å². The van der Waals surface area contributed by atoms with Gasteiger partial charge in [-0.05, 0) is 19.4 Å². The first-order valence-electron chi connectivity index (χ1n) is 2.86. The number of halogens is 2. The van der Waals surface area contributed by atoms with Crippen molar-refractivity contribution < 1.29 is 4.79 Å². The van der Waals surface area contributed by atoms with Gasteiger partial charge in [-0.25, -0.2) is 0 Å². The minimum Gasteiger partial charge on any atom is -0.343 e. The third kappa shape index (κ3) is 3.93. The third-order valence-electron chi connectivity index (χ3n) is 1.33. The quantitative estimate of drug-likeness (QED) is 0.610. The molecule has 0 saturated carbocycles. The summed E-state index contributed by atoms with van der Waals surface area (Å²) in [5.41, 5.74) is 0. The van der Waals surface area contributed by atoms with E-state index in [1.807, 2.05) is 0 Å². The van der Waals surface area contributed by atoms with Crippen LogP contribution in [0.25, 0.3) is 0 Å². The number of rotatable bonds is 2. The highest BCUT2D eigenvalue weighted by Gasteiger charge is 2.10. The van der Waals surface area contributed by atoms with E-state index in [-0.39, 0.29) is 31.0 Å². The SMILES string of the molecule is Cl.Cl.O=CNC1CCCN1. The standard InChI is InChI=1S/C5H10N2O.2ClH/c8-4-7-5-2-1-3-6-5;;/h4-6H,1-3H2,(H,7,8);2*1H. The van der Waals surface area contributed by atoms with Gasteiger partial charge in [-0.15, -0.1) is 24.8 Å². The Labute approximate surface area is 72.8 Å². The number of hydrogen-bond acceptors (Lipinski definition) is 2. The van der Waals surface area contributed by atoms with Gasteiger partial charge in [0.05, 0.1) is 6.17 Å². The Morgan fingerprint density at radius 1 is 1.50 bits per heavy atom. The molecule has 1 rings (SSSR count). The fourth-order valence-corrected chi connectivity index (χ4v) is 0.909. The average Bonchev–Trinajstić information content (AvgIpc) is 2.19. The zero-order valence-corrected chi connectivity index (χ0v) is 7.13. The highest BCUT2D eigenvalue weighted by atomic mass is 35.5. The van der Waals surface area contributed by atoms with Crippen LogP contribution in [0, 0.1) is 0 Å². The molecule has 62 valence electrons. The van der Waals surface area contributed by atoms with Crippen molar-refractivity contribution in [2.24, 2.45) is 0 Å². The smallest absolute Gasteiger partial charge is 0.208 e. The first-order chi connectivity index (χ1) is 3.93. The second-order valence-electron chi connectivity index (χ2n) is 1.93. The van der Waals surface area contributed by atoms with Crippen LogP contribution < -0.4 is 10.6 Å². The molecule has 0 aromatic carbocycles. The van der Waals surface area contributed by atoms with Crippen molar-refractivity contribution in [1.82, 2.24) is 10.6 Å². The topological polar surface area (TPSA) is 41.1 Å². The number of carbonyl (C=O) groups excluding carboxylic acids is 1. The molecule has 5 heteroatoms. The molecule has 1 atom stereocenters. The molecule has 1 heterocycles. The van der Waals surface area contributed by atoms with E-state index in [0.29, 0.717) is 0 Å². The van der Waals surface area contributed by atoms with Crippen LogP contribution in [0.15, 0.2) is 0 Å². The summed E-state index contributed by atoms with van der Waals surface area (Å²) in [5.74, 6) is 0. The molecular weight excluding hydrogens is 175 g/mol. The van der Waals surface area contributed by atoms with Crippen LogP contribution in [-0.2, 0) is 4.79 Å². The van der Waals surface area contributed by atoms with Gasteiger partial charge in [0, 0.05) is 0 Å². The largest absolute Gasteiger partial charge is 0.343 e. The second kappa shape index (κ2) is 7.12. The monoisotopic (exact) mass is 186 g/mol. The van der Waals surface area contributed by atoms with Crippen molar-refractivity contribution in [2.45, 2.75) is 19.0 Å². The molecule has 0 bridgehead atoms. The molecule has 0 aromatic rings. The van der Waals surface area contributed by atoms with Gasteiger partial charge < -0.3 is 5.32 Å². The molecule has 3 nitrogen and oxygen atoms in total. The molecule has 0 spiro atoms. The van der Waals surface area contributed by atoms with E-state index >= 15 is 0 Å². The third-order valence-corrected chi connectivity index (χ3v) is 1.33. The summed E-state index contributed by atoms with van der Waals surface area (Å²) >= 11 is 0. The molecule has 10 heavy (non-hydrogen) atoms. The van der Waals surface area contributed by atoms with E-state index in [4.69, 9.17) is 0 Å². The molecule has 1 fully saturated rings. The molecule has 2 N–H and O–H groups in total. The Morgan fingerprint density at radius 2 is 2.20 bits per heavy atom. The van der Waals surface area contributed by atoms with Crippen molar-refractivity contribution in [3.8, 4) is 0 Å². The first kappa shape index (κ1) is 12.7. The molecule has 1 saturated heterocycles. The van der Waals surface area contributed by atoms with E-state index in [9.17, 15) is 4.79 Å². The minimum atomic E-state index is 0. The first-order valence-corrected chi connectivity index (χ1v) is 2.86. The molecular formula is C5H12Cl2N2O. The predicted molar refractivity (Wildman–Crippen MR) is 44.7 cm³/mol. The highest BCUT2D eigenvalue weighted by Crippen LogP contribution is 1.99. The van der Waals surface area contributed by atoms with Crippen LogP contribution >= 0.6 is 24.8 Å². The fourth-order valence-electron chi connectivity index (χ4n) is 0.909. The van der Waals surface area contributed by atoms with Crippen LogP contribution in [0.1, 0.15) is 12.8 Å². The Bertz CT molecular complexity index is 85.7. The normalized spacial score (nSPS) is 22.2. The van der Waals surface area contributed by atoms with E-state index in [1.165, 1.54) is 6.42 Å². The summed E-state index contributed by atoms with van der Waals surface area (Å²) < 4.78 is 0. The van der Waals surface area contributed by atoms with Gasteiger partial charge in [0.15, 0.2) is 0 Å². The van der Waals surface area contributed by atoms with Gasteiger partial charge in [-0.2, -0.15) is 0 Å². The lowest BCUT2D eigenvalue weighted by Crippen LogP contribution is -2.35. The molecule has 0 radical (unpaired) electrons. The van der Waals surface area contributed by atoms with Crippen molar-refractivity contribution in [3.63, 3.8) is 0 Å². The maximum absolute atomic E-state index is 9.81. The summed E-state index contributed by atoms with van der Waals surface area (Å²) in [6, 6.07) is 0.